The highest BCUT2D eigenvalue weighted by atomic mass is 16.8. The minimum Gasteiger partial charge on any atom is -0.460 e. The van der Waals surface area contributed by atoms with Crippen molar-refractivity contribution in [3.63, 3.8) is 0 Å². The Labute approximate surface area is 125 Å². The molecular formula is C15H26O6. The highest BCUT2D eigenvalue weighted by molar-refractivity contribution is 5.71. The molecule has 0 unspecified atom stereocenters. The standard InChI is InChI=1S/C15H26O6/c1-13(2,3)20-11(17)8-15(18)6-9(16)12-10(7-15)19-14(4,5)21-12/h9-10,12,16,18H,6-8H2,1-5H3/t9-,10-,12+,15-/m1/s1. The lowest BCUT2D eigenvalue weighted by atomic mass is 9.78. The summed E-state index contributed by atoms with van der Waals surface area (Å²) < 4.78 is 16.6. The number of fused-ring (bicyclic) bond motifs is 1. The summed E-state index contributed by atoms with van der Waals surface area (Å²) in [5, 5.41) is 20.8. The summed E-state index contributed by atoms with van der Waals surface area (Å²) in [5.41, 5.74) is -1.93. The van der Waals surface area contributed by atoms with Gasteiger partial charge in [-0.3, -0.25) is 4.79 Å². The average molecular weight is 302 g/mol. The molecule has 1 saturated heterocycles. The van der Waals surface area contributed by atoms with Gasteiger partial charge in [-0.2, -0.15) is 0 Å². The van der Waals surface area contributed by atoms with Crippen LogP contribution in [0.1, 0.15) is 53.9 Å². The summed E-state index contributed by atoms with van der Waals surface area (Å²) >= 11 is 0. The Bertz CT molecular complexity index is 413. The molecular weight excluding hydrogens is 276 g/mol. The fraction of sp³-hybridized carbons (Fsp3) is 0.933. The first kappa shape index (κ1) is 16.7. The molecule has 2 rings (SSSR count). The van der Waals surface area contributed by atoms with Gasteiger partial charge in [-0.1, -0.05) is 0 Å². The molecule has 1 heterocycles. The molecule has 122 valence electrons. The van der Waals surface area contributed by atoms with Crippen molar-refractivity contribution in [3.8, 4) is 0 Å². The van der Waals surface area contributed by atoms with Gasteiger partial charge in [-0.15, -0.1) is 0 Å². The van der Waals surface area contributed by atoms with E-state index in [4.69, 9.17) is 14.2 Å². The Kier molecular flexibility index (Phi) is 4.12. The number of aliphatic hydroxyl groups is 2. The van der Waals surface area contributed by atoms with Crippen LogP contribution in [0.5, 0.6) is 0 Å². The van der Waals surface area contributed by atoms with Gasteiger partial charge >= 0.3 is 5.97 Å². The molecule has 1 aliphatic heterocycles. The number of hydrogen-bond acceptors (Lipinski definition) is 6. The van der Waals surface area contributed by atoms with Crippen molar-refractivity contribution >= 4 is 5.97 Å². The molecule has 2 aliphatic rings. The predicted molar refractivity (Wildman–Crippen MR) is 74.5 cm³/mol. The lowest BCUT2D eigenvalue weighted by Crippen LogP contribution is -2.52. The molecule has 0 bridgehead atoms. The van der Waals surface area contributed by atoms with E-state index < -0.39 is 41.3 Å². The van der Waals surface area contributed by atoms with E-state index >= 15 is 0 Å². The van der Waals surface area contributed by atoms with E-state index in [9.17, 15) is 15.0 Å². The second-order valence-electron chi connectivity index (χ2n) is 7.60. The highest BCUT2D eigenvalue weighted by Gasteiger charge is 2.53. The highest BCUT2D eigenvalue weighted by Crippen LogP contribution is 2.42. The Hall–Kier alpha value is -0.690. The van der Waals surface area contributed by atoms with Crippen LogP contribution in [0.3, 0.4) is 0 Å². The second-order valence-corrected chi connectivity index (χ2v) is 7.60. The van der Waals surface area contributed by atoms with Gasteiger partial charge in [0, 0.05) is 12.8 Å². The molecule has 0 aromatic heterocycles. The quantitative estimate of drug-likeness (QED) is 0.744. The molecule has 0 radical (unpaired) electrons. The van der Waals surface area contributed by atoms with Gasteiger partial charge in [0.05, 0.1) is 24.2 Å². The van der Waals surface area contributed by atoms with Crippen LogP contribution in [0.25, 0.3) is 0 Å². The van der Waals surface area contributed by atoms with Gasteiger partial charge in [-0.25, -0.2) is 0 Å². The molecule has 6 heteroatoms. The van der Waals surface area contributed by atoms with Crippen LogP contribution in [0.15, 0.2) is 0 Å². The molecule has 21 heavy (non-hydrogen) atoms. The normalized spacial score (nSPS) is 38.9. The Morgan fingerprint density at radius 3 is 2.48 bits per heavy atom. The Balaban J connectivity index is 2.02. The first-order valence-corrected chi connectivity index (χ1v) is 7.37. The lowest BCUT2D eigenvalue weighted by Gasteiger charge is -2.39. The molecule has 2 fully saturated rings. The predicted octanol–water partition coefficient (Wildman–Crippen LogP) is 1.12. The van der Waals surface area contributed by atoms with E-state index in [0.717, 1.165) is 0 Å². The van der Waals surface area contributed by atoms with Crippen LogP contribution in [-0.4, -0.2) is 51.5 Å². The van der Waals surface area contributed by atoms with Gasteiger partial charge in [0.2, 0.25) is 0 Å². The van der Waals surface area contributed by atoms with Crippen LogP contribution in [0.4, 0.5) is 0 Å². The van der Waals surface area contributed by atoms with Crippen LogP contribution < -0.4 is 0 Å². The summed E-state index contributed by atoms with van der Waals surface area (Å²) in [7, 11) is 0. The SMILES string of the molecule is CC(C)(C)OC(=O)C[C@@]1(O)C[C@@H](O)[C@@H]2OC(C)(C)O[C@@H]2C1. The average Bonchev–Trinajstić information content (AvgIpc) is 2.48. The summed E-state index contributed by atoms with van der Waals surface area (Å²) in [6.45, 7) is 8.86. The van der Waals surface area contributed by atoms with Gasteiger partial charge in [0.15, 0.2) is 5.79 Å². The van der Waals surface area contributed by atoms with Crippen molar-refractivity contribution in [2.24, 2.45) is 0 Å². The minimum absolute atomic E-state index is 0.0762. The Morgan fingerprint density at radius 1 is 1.29 bits per heavy atom. The van der Waals surface area contributed by atoms with E-state index in [1.807, 2.05) is 0 Å². The van der Waals surface area contributed by atoms with Gasteiger partial charge in [0.25, 0.3) is 0 Å². The van der Waals surface area contributed by atoms with Crippen molar-refractivity contribution in [2.45, 2.75) is 89.2 Å². The molecule has 1 aliphatic carbocycles. The maximum absolute atomic E-state index is 11.9. The zero-order valence-electron chi connectivity index (χ0n) is 13.4. The van der Waals surface area contributed by atoms with E-state index in [0.29, 0.717) is 0 Å². The van der Waals surface area contributed by atoms with Crippen LogP contribution in [0.2, 0.25) is 0 Å². The lowest BCUT2D eigenvalue weighted by molar-refractivity contribution is -0.168. The molecule has 1 saturated carbocycles. The molecule has 2 N–H and O–H groups in total. The zero-order valence-corrected chi connectivity index (χ0v) is 13.4. The van der Waals surface area contributed by atoms with Crippen molar-refractivity contribution < 1.29 is 29.2 Å². The number of aliphatic hydroxyl groups excluding tert-OH is 1. The maximum atomic E-state index is 11.9. The van der Waals surface area contributed by atoms with Gasteiger partial charge in [-0.05, 0) is 34.6 Å². The van der Waals surface area contributed by atoms with Crippen molar-refractivity contribution in [1.82, 2.24) is 0 Å². The number of carbonyl (C=O) groups excluding carboxylic acids is 1. The fourth-order valence-electron chi connectivity index (χ4n) is 3.10. The fourth-order valence-corrected chi connectivity index (χ4v) is 3.10. The van der Waals surface area contributed by atoms with E-state index in [-0.39, 0.29) is 19.3 Å². The molecule has 0 aromatic carbocycles. The van der Waals surface area contributed by atoms with Crippen molar-refractivity contribution in [2.75, 3.05) is 0 Å². The van der Waals surface area contributed by atoms with Gasteiger partial charge in [0.1, 0.15) is 11.7 Å². The summed E-state index contributed by atoms with van der Waals surface area (Å²) in [5.74, 6) is -1.26. The monoisotopic (exact) mass is 302 g/mol. The summed E-state index contributed by atoms with van der Waals surface area (Å²) in [6.07, 6.45) is -1.58. The Morgan fingerprint density at radius 2 is 1.90 bits per heavy atom. The molecule has 0 aromatic rings. The van der Waals surface area contributed by atoms with E-state index in [1.54, 1.807) is 34.6 Å². The number of ether oxygens (including phenoxy) is 3. The first-order valence-electron chi connectivity index (χ1n) is 7.37. The maximum Gasteiger partial charge on any atom is 0.309 e. The third-order valence-corrected chi connectivity index (χ3v) is 3.66. The van der Waals surface area contributed by atoms with Crippen molar-refractivity contribution in [3.05, 3.63) is 0 Å². The second kappa shape index (κ2) is 5.19. The van der Waals surface area contributed by atoms with Crippen LogP contribution in [0, 0.1) is 0 Å². The first-order chi connectivity index (χ1) is 9.39. The van der Waals surface area contributed by atoms with Crippen molar-refractivity contribution in [1.29, 1.82) is 0 Å². The van der Waals surface area contributed by atoms with E-state index in [1.165, 1.54) is 0 Å². The molecule has 4 atom stereocenters. The third-order valence-electron chi connectivity index (χ3n) is 3.66. The molecule has 0 spiro atoms. The third kappa shape index (κ3) is 4.16. The topological polar surface area (TPSA) is 85.2 Å². The smallest absolute Gasteiger partial charge is 0.309 e. The summed E-state index contributed by atoms with van der Waals surface area (Å²) in [6, 6.07) is 0. The van der Waals surface area contributed by atoms with Crippen LogP contribution >= 0.6 is 0 Å². The van der Waals surface area contributed by atoms with Gasteiger partial charge < -0.3 is 24.4 Å². The minimum atomic E-state index is -1.33. The zero-order chi connectivity index (χ0) is 16.1. The summed E-state index contributed by atoms with van der Waals surface area (Å²) in [4.78, 5) is 11.9. The molecule has 0 amide bonds. The molecule has 6 nitrogen and oxygen atoms in total. The number of esters is 1. The number of rotatable bonds is 2. The van der Waals surface area contributed by atoms with E-state index in [2.05, 4.69) is 0 Å². The number of carbonyl (C=O) groups is 1. The number of hydrogen-bond donors (Lipinski definition) is 2. The van der Waals surface area contributed by atoms with Crippen LogP contribution in [-0.2, 0) is 19.0 Å². The largest absolute Gasteiger partial charge is 0.460 e.